The Morgan fingerprint density at radius 2 is 2.03 bits per heavy atom. The lowest BCUT2D eigenvalue weighted by Crippen LogP contribution is -2.50. The molecule has 11 heteroatoms. The van der Waals surface area contributed by atoms with Crippen molar-refractivity contribution in [2.24, 2.45) is 5.11 Å². The molecule has 0 unspecified atom stereocenters. The zero-order valence-electron chi connectivity index (χ0n) is 17.2. The van der Waals surface area contributed by atoms with Crippen LogP contribution in [0, 0.1) is 5.82 Å². The van der Waals surface area contributed by atoms with E-state index in [1.807, 2.05) is 25.7 Å². The van der Waals surface area contributed by atoms with Crippen molar-refractivity contribution in [2.45, 2.75) is 32.5 Å². The topological polar surface area (TPSA) is 111 Å². The van der Waals surface area contributed by atoms with Gasteiger partial charge in [0.1, 0.15) is 17.5 Å². The first kappa shape index (κ1) is 21.5. The van der Waals surface area contributed by atoms with Crippen LogP contribution in [0.2, 0.25) is 0 Å². The maximum atomic E-state index is 14.8. The number of nitrogens with zero attached hydrogens (tertiary/aromatic N) is 6. The van der Waals surface area contributed by atoms with E-state index in [4.69, 9.17) is 15.0 Å². The van der Waals surface area contributed by atoms with E-state index in [0.29, 0.717) is 37.6 Å². The van der Waals surface area contributed by atoms with Crippen molar-refractivity contribution in [1.29, 1.82) is 0 Å². The summed E-state index contributed by atoms with van der Waals surface area (Å²) in [4.78, 5) is 31.6. The van der Waals surface area contributed by atoms with E-state index >= 15 is 0 Å². The van der Waals surface area contributed by atoms with E-state index in [2.05, 4.69) is 10.0 Å². The number of amides is 2. The maximum Gasteiger partial charge on any atom is 0.414 e. The van der Waals surface area contributed by atoms with E-state index in [9.17, 15) is 14.0 Å². The van der Waals surface area contributed by atoms with Gasteiger partial charge >= 0.3 is 12.2 Å². The lowest BCUT2D eigenvalue weighted by Gasteiger charge is -2.37. The van der Waals surface area contributed by atoms with Gasteiger partial charge in [0.05, 0.1) is 24.5 Å². The number of carbonyl (C=O) groups is 2. The summed E-state index contributed by atoms with van der Waals surface area (Å²) >= 11 is 0. The zero-order valence-corrected chi connectivity index (χ0v) is 17.2. The fourth-order valence-electron chi connectivity index (χ4n) is 3.33. The third-order valence-corrected chi connectivity index (χ3v) is 4.74. The first-order valence-electron chi connectivity index (χ1n) is 9.69. The van der Waals surface area contributed by atoms with Crippen LogP contribution in [0.25, 0.3) is 10.4 Å². The van der Waals surface area contributed by atoms with Crippen molar-refractivity contribution >= 4 is 23.6 Å². The molecule has 1 aromatic rings. The molecule has 162 valence electrons. The monoisotopic (exact) mass is 420 g/mol. The molecule has 2 aliphatic rings. The van der Waals surface area contributed by atoms with Gasteiger partial charge in [-0.3, -0.25) is 4.90 Å². The second-order valence-corrected chi connectivity index (χ2v) is 8.12. The fourth-order valence-corrected chi connectivity index (χ4v) is 3.33. The molecule has 0 bridgehead atoms. The van der Waals surface area contributed by atoms with Crippen LogP contribution in [-0.4, -0.2) is 68.1 Å². The second kappa shape index (κ2) is 8.66. The third kappa shape index (κ3) is 5.04. The Hall–Kier alpha value is -3.20. The number of halogens is 1. The summed E-state index contributed by atoms with van der Waals surface area (Å²) in [6, 6.07) is 4.55. The number of azide groups is 1. The Balaban J connectivity index is 1.62. The van der Waals surface area contributed by atoms with E-state index in [1.165, 1.54) is 11.0 Å². The van der Waals surface area contributed by atoms with E-state index < -0.39 is 23.6 Å². The molecule has 0 N–H and O–H groups in total. The van der Waals surface area contributed by atoms with Gasteiger partial charge in [0, 0.05) is 31.1 Å². The molecule has 0 radical (unpaired) electrons. The van der Waals surface area contributed by atoms with Crippen LogP contribution in [0.4, 0.5) is 25.4 Å². The SMILES string of the molecule is CC(C)(C)OC(=O)N1CCN(c2ccc(N3C[C@H](CN=[N+]=[N-])OC3=O)cc2F)CC1. The number of cyclic esters (lactones) is 1. The molecule has 0 saturated carbocycles. The smallest absolute Gasteiger partial charge is 0.414 e. The number of benzene rings is 1. The zero-order chi connectivity index (χ0) is 21.9. The van der Waals surface area contributed by atoms with Crippen LogP contribution in [-0.2, 0) is 9.47 Å². The number of ether oxygens (including phenoxy) is 2. The Bertz CT molecular complexity index is 859. The second-order valence-electron chi connectivity index (χ2n) is 8.12. The molecule has 1 atom stereocenters. The maximum absolute atomic E-state index is 14.8. The van der Waals surface area contributed by atoms with Crippen LogP contribution in [0.5, 0.6) is 0 Å². The van der Waals surface area contributed by atoms with Crippen molar-refractivity contribution < 1.29 is 23.5 Å². The molecule has 3 rings (SSSR count). The minimum absolute atomic E-state index is 0.0290. The molecule has 2 saturated heterocycles. The molecule has 2 amide bonds. The van der Waals surface area contributed by atoms with Crippen LogP contribution in [0.1, 0.15) is 20.8 Å². The molecular formula is C19H25FN6O4. The number of hydrogen-bond donors (Lipinski definition) is 0. The normalized spacial score (nSPS) is 19.4. The molecule has 10 nitrogen and oxygen atoms in total. The summed E-state index contributed by atoms with van der Waals surface area (Å²) in [7, 11) is 0. The average Bonchev–Trinajstić information content (AvgIpc) is 3.05. The number of anilines is 2. The van der Waals surface area contributed by atoms with Crippen molar-refractivity contribution in [3.8, 4) is 0 Å². The van der Waals surface area contributed by atoms with Gasteiger partial charge in [0.2, 0.25) is 0 Å². The van der Waals surface area contributed by atoms with Crippen molar-refractivity contribution in [2.75, 3.05) is 49.1 Å². The molecule has 30 heavy (non-hydrogen) atoms. The number of carbonyl (C=O) groups excluding carboxylic acids is 2. The summed E-state index contributed by atoms with van der Waals surface area (Å²) in [6.07, 6.45) is -1.54. The van der Waals surface area contributed by atoms with Gasteiger partial charge in [-0.25, -0.2) is 14.0 Å². The number of hydrogen-bond acceptors (Lipinski definition) is 6. The van der Waals surface area contributed by atoms with Gasteiger partial charge in [0.15, 0.2) is 0 Å². The van der Waals surface area contributed by atoms with Crippen LogP contribution in [0.3, 0.4) is 0 Å². The summed E-state index contributed by atoms with van der Waals surface area (Å²) < 4.78 is 25.3. The Kier molecular flexibility index (Phi) is 6.21. The molecule has 0 spiro atoms. The molecular weight excluding hydrogens is 395 g/mol. The summed E-state index contributed by atoms with van der Waals surface area (Å²) in [5.41, 5.74) is 8.60. The van der Waals surface area contributed by atoms with Crippen molar-refractivity contribution in [3.05, 3.63) is 34.5 Å². The van der Waals surface area contributed by atoms with Gasteiger partial charge in [-0.1, -0.05) is 5.11 Å². The minimum atomic E-state index is -0.605. The third-order valence-electron chi connectivity index (χ3n) is 4.74. The highest BCUT2D eigenvalue weighted by Crippen LogP contribution is 2.28. The van der Waals surface area contributed by atoms with Gasteiger partial charge in [-0.05, 0) is 44.5 Å². The van der Waals surface area contributed by atoms with Gasteiger partial charge in [-0.15, -0.1) is 0 Å². The lowest BCUT2D eigenvalue weighted by atomic mass is 10.2. The highest BCUT2D eigenvalue weighted by molar-refractivity contribution is 5.90. The van der Waals surface area contributed by atoms with Crippen molar-refractivity contribution in [1.82, 2.24) is 4.90 Å². The summed E-state index contributed by atoms with van der Waals surface area (Å²) in [6.45, 7) is 7.44. The molecule has 0 aromatic heterocycles. The van der Waals surface area contributed by atoms with Gasteiger partial charge in [-0.2, -0.15) is 0 Å². The first-order chi connectivity index (χ1) is 14.2. The van der Waals surface area contributed by atoms with Crippen LogP contribution in [0.15, 0.2) is 23.3 Å². The quantitative estimate of drug-likeness (QED) is 0.420. The highest BCUT2D eigenvalue weighted by atomic mass is 19.1. The lowest BCUT2D eigenvalue weighted by molar-refractivity contribution is 0.0240. The van der Waals surface area contributed by atoms with Gasteiger partial charge in [0.25, 0.3) is 0 Å². The molecule has 2 heterocycles. The first-order valence-corrected chi connectivity index (χ1v) is 9.69. The highest BCUT2D eigenvalue weighted by Gasteiger charge is 2.33. The largest absolute Gasteiger partial charge is 0.444 e. The average molecular weight is 420 g/mol. The van der Waals surface area contributed by atoms with E-state index in [0.717, 1.165) is 0 Å². The summed E-state index contributed by atoms with van der Waals surface area (Å²) in [5, 5.41) is 3.41. The van der Waals surface area contributed by atoms with Crippen molar-refractivity contribution in [3.63, 3.8) is 0 Å². The van der Waals surface area contributed by atoms with Gasteiger partial charge < -0.3 is 19.3 Å². The van der Waals surface area contributed by atoms with E-state index in [1.54, 1.807) is 17.0 Å². The number of rotatable bonds is 4. The molecule has 2 aliphatic heterocycles. The predicted octanol–water partition coefficient (Wildman–Crippen LogP) is 3.52. The molecule has 2 fully saturated rings. The summed E-state index contributed by atoms with van der Waals surface area (Å²) in [5.74, 6) is -0.468. The predicted molar refractivity (Wildman–Crippen MR) is 108 cm³/mol. The standard InChI is InChI=1S/C19H25FN6O4/c1-19(2,3)30-17(27)25-8-6-24(7-9-25)16-5-4-13(10-15(16)20)26-12-14(11-22-23-21)29-18(26)28/h4-5,10,14H,6-9,11-12H2,1-3H3/t14-/m0/s1. The Morgan fingerprint density at radius 1 is 1.33 bits per heavy atom. The number of piperazine rings is 1. The van der Waals surface area contributed by atoms with E-state index in [-0.39, 0.29) is 19.2 Å². The van der Waals surface area contributed by atoms with Crippen LogP contribution >= 0.6 is 0 Å². The minimum Gasteiger partial charge on any atom is -0.444 e. The fraction of sp³-hybridized carbons (Fsp3) is 0.579. The Morgan fingerprint density at radius 3 is 2.63 bits per heavy atom. The molecule has 1 aromatic carbocycles. The van der Waals surface area contributed by atoms with Crippen LogP contribution < -0.4 is 9.80 Å². The molecule has 0 aliphatic carbocycles. The Labute approximate surface area is 173 Å².